The van der Waals surface area contributed by atoms with Gasteiger partial charge in [0.2, 0.25) is 5.91 Å². The largest absolute Gasteiger partial charge is 0.467 e. The van der Waals surface area contributed by atoms with Crippen LogP contribution in [0.25, 0.3) is 0 Å². The molecule has 1 fully saturated rings. The maximum absolute atomic E-state index is 11.8. The Kier molecular flexibility index (Phi) is 3.49. The van der Waals surface area contributed by atoms with Crippen LogP contribution in [0.15, 0.2) is 22.8 Å². The minimum absolute atomic E-state index is 0.0328. The number of hydrogen-bond acceptors (Lipinski definition) is 4. The third kappa shape index (κ3) is 3.08. The summed E-state index contributed by atoms with van der Waals surface area (Å²) in [5.74, 6) is 0.742. The topological polar surface area (TPSA) is 54.7 Å². The molecule has 1 aromatic heterocycles. The average molecular weight is 238 g/mol. The normalized spacial score (nSPS) is 17.5. The summed E-state index contributed by atoms with van der Waals surface area (Å²) in [6.07, 6.45) is 1.60. The SMILES string of the molecule is CN(Cc1ccco1)C(=O)COC1(C)CNC1. The highest BCUT2D eigenvalue weighted by atomic mass is 16.5. The van der Waals surface area contributed by atoms with E-state index in [9.17, 15) is 4.79 Å². The second-order valence-corrected chi connectivity index (χ2v) is 4.67. The number of rotatable bonds is 5. The number of carbonyl (C=O) groups is 1. The lowest BCUT2D eigenvalue weighted by Gasteiger charge is -2.39. The molecule has 0 saturated carbocycles. The van der Waals surface area contributed by atoms with Crippen molar-refractivity contribution in [2.75, 3.05) is 26.7 Å². The van der Waals surface area contributed by atoms with Crippen LogP contribution >= 0.6 is 0 Å². The van der Waals surface area contributed by atoms with E-state index in [1.165, 1.54) is 0 Å². The zero-order chi connectivity index (χ0) is 12.3. The summed E-state index contributed by atoms with van der Waals surface area (Å²) >= 11 is 0. The fourth-order valence-corrected chi connectivity index (χ4v) is 1.65. The molecular weight excluding hydrogens is 220 g/mol. The lowest BCUT2D eigenvalue weighted by atomic mass is 10.0. The predicted octanol–water partition coefficient (Wildman–Crippen LogP) is 0.617. The zero-order valence-electron chi connectivity index (χ0n) is 10.2. The molecule has 0 aliphatic carbocycles. The van der Waals surface area contributed by atoms with Crippen LogP contribution in [0.2, 0.25) is 0 Å². The van der Waals surface area contributed by atoms with Crippen molar-refractivity contribution in [3.63, 3.8) is 0 Å². The number of hydrogen-bond donors (Lipinski definition) is 1. The second kappa shape index (κ2) is 4.89. The molecule has 2 rings (SSSR count). The number of likely N-dealkylation sites (N-methyl/N-ethyl adjacent to an activating group) is 1. The van der Waals surface area contributed by atoms with Crippen molar-refractivity contribution < 1.29 is 13.9 Å². The first-order valence-corrected chi connectivity index (χ1v) is 5.70. The Balaban J connectivity index is 1.75. The molecule has 0 unspecified atom stereocenters. The predicted molar refractivity (Wildman–Crippen MR) is 62.4 cm³/mol. The van der Waals surface area contributed by atoms with Gasteiger partial charge in [0, 0.05) is 20.1 Å². The van der Waals surface area contributed by atoms with Gasteiger partial charge in [-0.15, -0.1) is 0 Å². The molecule has 1 aliphatic rings. The lowest BCUT2D eigenvalue weighted by molar-refractivity contribution is -0.145. The van der Waals surface area contributed by atoms with Crippen molar-refractivity contribution in [1.29, 1.82) is 0 Å². The van der Waals surface area contributed by atoms with E-state index in [1.807, 2.05) is 19.1 Å². The monoisotopic (exact) mass is 238 g/mol. The van der Waals surface area contributed by atoms with E-state index in [-0.39, 0.29) is 18.1 Å². The van der Waals surface area contributed by atoms with E-state index in [0.717, 1.165) is 18.8 Å². The maximum Gasteiger partial charge on any atom is 0.248 e. The van der Waals surface area contributed by atoms with Crippen molar-refractivity contribution in [3.8, 4) is 0 Å². The van der Waals surface area contributed by atoms with E-state index < -0.39 is 0 Å². The molecule has 1 saturated heterocycles. The Bertz CT molecular complexity index is 371. The minimum atomic E-state index is -0.179. The quantitative estimate of drug-likeness (QED) is 0.817. The molecule has 5 nitrogen and oxygen atoms in total. The van der Waals surface area contributed by atoms with Crippen LogP contribution in [0.1, 0.15) is 12.7 Å². The average Bonchev–Trinajstić information content (AvgIpc) is 2.75. The summed E-state index contributed by atoms with van der Waals surface area (Å²) in [6, 6.07) is 3.66. The number of ether oxygens (including phenoxy) is 1. The first-order valence-electron chi connectivity index (χ1n) is 5.70. The molecule has 1 aliphatic heterocycles. The van der Waals surface area contributed by atoms with E-state index in [4.69, 9.17) is 9.15 Å². The van der Waals surface area contributed by atoms with Crippen molar-refractivity contribution >= 4 is 5.91 Å². The van der Waals surface area contributed by atoms with Crippen molar-refractivity contribution in [2.24, 2.45) is 0 Å². The van der Waals surface area contributed by atoms with Gasteiger partial charge in [-0.2, -0.15) is 0 Å². The highest BCUT2D eigenvalue weighted by Gasteiger charge is 2.33. The Morgan fingerprint density at radius 3 is 2.94 bits per heavy atom. The molecule has 17 heavy (non-hydrogen) atoms. The Hall–Kier alpha value is -1.33. The van der Waals surface area contributed by atoms with E-state index in [0.29, 0.717) is 6.54 Å². The summed E-state index contributed by atoms with van der Waals surface area (Å²) in [5.41, 5.74) is -0.179. The molecule has 94 valence electrons. The molecule has 1 aromatic rings. The summed E-state index contributed by atoms with van der Waals surface area (Å²) in [5, 5.41) is 3.13. The Morgan fingerprint density at radius 1 is 1.65 bits per heavy atom. The van der Waals surface area contributed by atoms with E-state index in [1.54, 1.807) is 18.2 Å². The van der Waals surface area contributed by atoms with Gasteiger partial charge < -0.3 is 19.4 Å². The standard InChI is InChI=1S/C12H18N2O3/c1-12(8-13-9-12)17-7-11(15)14(2)6-10-4-3-5-16-10/h3-5,13H,6-9H2,1-2H3. The van der Waals surface area contributed by atoms with Crippen molar-refractivity contribution in [1.82, 2.24) is 10.2 Å². The molecule has 2 heterocycles. The summed E-state index contributed by atoms with van der Waals surface area (Å²) < 4.78 is 10.8. The molecular formula is C12H18N2O3. The third-order valence-electron chi connectivity index (χ3n) is 2.94. The summed E-state index contributed by atoms with van der Waals surface area (Å²) in [7, 11) is 1.75. The fraction of sp³-hybridized carbons (Fsp3) is 0.583. The minimum Gasteiger partial charge on any atom is -0.467 e. The molecule has 0 atom stereocenters. The molecule has 0 bridgehead atoms. The van der Waals surface area contributed by atoms with Crippen LogP contribution in [-0.2, 0) is 16.1 Å². The van der Waals surface area contributed by atoms with Crippen LogP contribution < -0.4 is 5.32 Å². The number of amides is 1. The first-order chi connectivity index (χ1) is 8.09. The van der Waals surface area contributed by atoms with Gasteiger partial charge in [0.15, 0.2) is 0 Å². The zero-order valence-corrected chi connectivity index (χ0v) is 10.2. The number of nitrogens with zero attached hydrogens (tertiary/aromatic N) is 1. The number of nitrogens with one attached hydrogen (secondary N) is 1. The van der Waals surface area contributed by atoms with Crippen LogP contribution in [-0.4, -0.2) is 43.2 Å². The van der Waals surface area contributed by atoms with Gasteiger partial charge in [0.1, 0.15) is 12.4 Å². The van der Waals surface area contributed by atoms with Crippen LogP contribution in [0, 0.1) is 0 Å². The Morgan fingerprint density at radius 2 is 2.41 bits per heavy atom. The Labute approximate surface area is 101 Å². The molecule has 5 heteroatoms. The van der Waals surface area contributed by atoms with Crippen LogP contribution in [0.4, 0.5) is 0 Å². The highest BCUT2D eigenvalue weighted by molar-refractivity contribution is 5.77. The number of carbonyl (C=O) groups excluding carboxylic acids is 1. The van der Waals surface area contributed by atoms with Crippen LogP contribution in [0.5, 0.6) is 0 Å². The van der Waals surface area contributed by atoms with Gasteiger partial charge >= 0.3 is 0 Å². The van der Waals surface area contributed by atoms with Crippen molar-refractivity contribution in [3.05, 3.63) is 24.2 Å². The summed E-state index contributed by atoms with van der Waals surface area (Å²) in [4.78, 5) is 13.4. The maximum atomic E-state index is 11.8. The second-order valence-electron chi connectivity index (χ2n) is 4.67. The van der Waals surface area contributed by atoms with E-state index >= 15 is 0 Å². The first kappa shape index (κ1) is 12.1. The van der Waals surface area contributed by atoms with Crippen LogP contribution in [0.3, 0.4) is 0 Å². The molecule has 0 spiro atoms. The smallest absolute Gasteiger partial charge is 0.248 e. The molecule has 1 N–H and O–H groups in total. The van der Waals surface area contributed by atoms with Gasteiger partial charge in [-0.1, -0.05) is 0 Å². The van der Waals surface area contributed by atoms with Gasteiger partial charge in [-0.25, -0.2) is 0 Å². The fourth-order valence-electron chi connectivity index (χ4n) is 1.65. The lowest BCUT2D eigenvalue weighted by Crippen LogP contribution is -2.59. The third-order valence-corrected chi connectivity index (χ3v) is 2.94. The molecule has 1 amide bonds. The van der Waals surface area contributed by atoms with Crippen molar-refractivity contribution in [2.45, 2.75) is 19.1 Å². The van der Waals surface area contributed by atoms with Gasteiger partial charge in [0.25, 0.3) is 0 Å². The van der Waals surface area contributed by atoms with Gasteiger partial charge in [-0.3, -0.25) is 4.79 Å². The van der Waals surface area contributed by atoms with E-state index in [2.05, 4.69) is 5.32 Å². The molecule has 0 radical (unpaired) electrons. The molecule has 0 aromatic carbocycles. The summed E-state index contributed by atoms with van der Waals surface area (Å²) in [6.45, 7) is 4.22. The number of furan rings is 1. The highest BCUT2D eigenvalue weighted by Crippen LogP contribution is 2.15. The van der Waals surface area contributed by atoms with Gasteiger partial charge in [0.05, 0.1) is 18.4 Å². The van der Waals surface area contributed by atoms with Gasteiger partial charge in [-0.05, 0) is 19.1 Å².